The third-order valence-corrected chi connectivity index (χ3v) is 3.86. The normalized spacial score (nSPS) is 18.8. The average Bonchev–Trinajstić information content (AvgIpc) is 2.35. The maximum Gasteiger partial charge on any atom is 0.119 e. The molecule has 1 N–H and O–H groups in total. The van der Waals surface area contributed by atoms with E-state index < -0.39 is 0 Å². The van der Waals surface area contributed by atoms with Crippen molar-refractivity contribution in [2.75, 3.05) is 18.6 Å². The summed E-state index contributed by atoms with van der Waals surface area (Å²) in [5.74, 6) is 2.09. The summed E-state index contributed by atoms with van der Waals surface area (Å²) >= 11 is 1.85. The molecule has 94 valence electrons. The van der Waals surface area contributed by atoms with Crippen molar-refractivity contribution in [1.82, 2.24) is 0 Å². The molecule has 3 heteroatoms. The number of fused-ring (bicyclic) bond motifs is 1. The standard InChI is InChI=1S/C14H20O2S/c1-17-9-3-8-16-12-6-7-13-11(10-12)4-2-5-14(13)15/h6-7,10,14-15H,2-5,8-9H2,1H3. The largest absolute Gasteiger partial charge is 0.494 e. The Morgan fingerprint density at radius 1 is 1.47 bits per heavy atom. The lowest BCUT2D eigenvalue weighted by atomic mass is 9.89. The molecule has 0 radical (unpaired) electrons. The zero-order chi connectivity index (χ0) is 12.1. The van der Waals surface area contributed by atoms with Gasteiger partial charge in [0, 0.05) is 0 Å². The van der Waals surface area contributed by atoms with Gasteiger partial charge >= 0.3 is 0 Å². The van der Waals surface area contributed by atoms with E-state index in [1.54, 1.807) is 0 Å². The van der Waals surface area contributed by atoms with Gasteiger partial charge in [0.25, 0.3) is 0 Å². The molecule has 17 heavy (non-hydrogen) atoms. The van der Waals surface area contributed by atoms with Crippen molar-refractivity contribution >= 4 is 11.8 Å². The summed E-state index contributed by atoms with van der Waals surface area (Å²) in [6.45, 7) is 0.780. The third kappa shape index (κ3) is 3.39. The van der Waals surface area contributed by atoms with Crippen LogP contribution in [0.15, 0.2) is 18.2 Å². The van der Waals surface area contributed by atoms with E-state index in [9.17, 15) is 5.11 Å². The fourth-order valence-electron chi connectivity index (χ4n) is 2.25. The first-order valence-corrected chi connectivity index (χ1v) is 7.63. The number of hydrogen-bond acceptors (Lipinski definition) is 3. The molecule has 2 rings (SSSR count). The van der Waals surface area contributed by atoms with Gasteiger partial charge in [0.15, 0.2) is 0 Å². The number of rotatable bonds is 5. The molecule has 0 aromatic heterocycles. The van der Waals surface area contributed by atoms with E-state index in [0.717, 1.165) is 49.4 Å². The molecule has 1 aromatic carbocycles. The molecule has 2 nitrogen and oxygen atoms in total. The van der Waals surface area contributed by atoms with Crippen molar-refractivity contribution in [3.05, 3.63) is 29.3 Å². The highest BCUT2D eigenvalue weighted by atomic mass is 32.2. The van der Waals surface area contributed by atoms with Gasteiger partial charge in [-0.3, -0.25) is 0 Å². The van der Waals surface area contributed by atoms with Crippen molar-refractivity contribution in [1.29, 1.82) is 0 Å². The Bertz CT molecular complexity index is 365. The smallest absolute Gasteiger partial charge is 0.119 e. The lowest BCUT2D eigenvalue weighted by Gasteiger charge is -2.21. The highest BCUT2D eigenvalue weighted by molar-refractivity contribution is 7.98. The minimum Gasteiger partial charge on any atom is -0.494 e. The van der Waals surface area contributed by atoms with Crippen LogP contribution in [0, 0.1) is 0 Å². The van der Waals surface area contributed by atoms with Gasteiger partial charge in [-0.2, -0.15) is 11.8 Å². The third-order valence-electron chi connectivity index (χ3n) is 3.16. The second kappa shape index (κ2) is 6.31. The predicted molar refractivity (Wildman–Crippen MR) is 72.8 cm³/mol. The van der Waals surface area contributed by atoms with Gasteiger partial charge in [-0.05, 0) is 61.0 Å². The van der Waals surface area contributed by atoms with Crippen LogP contribution in [0.3, 0.4) is 0 Å². The molecule has 0 fully saturated rings. The quantitative estimate of drug-likeness (QED) is 0.816. The molecule has 0 spiro atoms. The molecule has 1 aromatic rings. The molecule has 0 aliphatic heterocycles. The van der Waals surface area contributed by atoms with Gasteiger partial charge in [-0.1, -0.05) is 6.07 Å². The lowest BCUT2D eigenvalue weighted by Crippen LogP contribution is -2.09. The van der Waals surface area contributed by atoms with E-state index in [-0.39, 0.29) is 6.10 Å². The monoisotopic (exact) mass is 252 g/mol. The van der Waals surface area contributed by atoms with E-state index in [4.69, 9.17) is 4.74 Å². The van der Waals surface area contributed by atoms with Crippen molar-refractivity contribution < 1.29 is 9.84 Å². The summed E-state index contributed by atoms with van der Waals surface area (Å²) in [5.41, 5.74) is 2.35. The van der Waals surface area contributed by atoms with Crippen LogP contribution in [-0.4, -0.2) is 23.7 Å². The molecule has 1 atom stereocenters. The van der Waals surface area contributed by atoms with Gasteiger partial charge in [-0.25, -0.2) is 0 Å². The van der Waals surface area contributed by atoms with Gasteiger partial charge in [-0.15, -0.1) is 0 Å². The summed E-state index contributed by atoms with van der Waals surface area (Å²) < 4.78 is 5.71. The van der Waals surface area contributed by atoms with Crippen molar-refractivity contribution in [3.8, 4) is 5.75 Å². The van der Waals surface area contributed by atoms with Crippen LogP contribution in [-0.2, 0) is 6.42 Å². The molecule has 0 saturated heterocycles. The van der Waals surface area contributed by atoms with E-state index >= 15 is 0 Å². The zero-order valence-corrected chi connectivity index (χ0v) is 11.1. The molecule has 0 amide bonds. The number of aryl methyl sites for hydroxylation is 1. The highest BCUT2D eigenvalue weighted by Crippen LogP contribution is 2.31. The fraction of sp³-hybridized carbons (Fsp3) is 0.571. The van der Waals surface area contributed by atoms with E-state index in [1.165, 1.54) is 5.56 Å². The molecular weight excluding hydrogens is 232 g/mol. The molecule has 0 bridgehead atoms. The summed E-state index contributed by atoms with van der Waals surface area (Å²) in [4.78, 5) is 0. The Labute approximate surface area is 107 Å². The van der Waals surface area contributed by atoms with Gasteiger partial charge in [0.2, 0.25) is 0 Å². The van der Waals surface area contributed by atoms with Crippen molar-refractivity contribution in [2.24, 2.45) is 0 Å². The van der Waals surface area contributed by atoms with Crippen LogP contribution in [0.25, 0.3) is 0 Å². The van der Waals surface area contributed by atoms with Crippen LogP contribution in [0.2, 0.25) is 0 Å². The minimum absolute atomic E-state index is 0.274. The summed E-state index contributed by atoms with van der Waals surface area (Å²) in [6.07, 6.45) is 5.95. The van der Waals surface area contributed by atoms with Crippen LogP contribution in [0.1, 0.15) is 36.5 Å². The summed E-state index contributed by atoms with van der Waals surface area (Å²) in [5, 5.41) is 9.85. The van der Waals surface area contributed by atoms with Gasteiger partial charge in [0.1, 0.15) is 5.75 Å². The fourth-order valence-corrected chi connectivity index (χ4v) is 2.65. The lowest BCUT2D eigenvalue weighted by molar-refractivity contribution is 0.156. The maximum absolute atomic E-state index is 9.85. The minimum atomic E-state index is -0.274. The summed E-state index contributed by atoms with van der Waals surface area (Å²) in [6, 6.07) is 6.09. The maximum atomic E-state index is 9.85. The SMILES string of the molecule is CSCCCOc1ccc2c(c1)CCCC2O. The average molecular weight is 252 g/mol. The van der Waals surface area contributed by atoms with Gasteiger partial charge in [0.05, 0.1) is 12.7 Å². The highest BCUT2D eigenvalue weighted by Gasteiger charge is 2.17. The Morgan fingerprint density at radius 3 is 3.18 bits per heavy atom. The van der Waals surface area contributed by atoms with E-state index in [1.807, 2.05) is 23.9 Å². The predicted octanol–water partition coefficient (Wildman–Crippen LogP) is 3.19. The molecule has 1 aliphatic carbocycles. The molecule has 0 heterocycles. The first-order valence-electron chi connectivity index (χ1n) is 6.24. The number of hydrogen-bond donors (Lipinski definition) is 1. The second-order valence-corrected chi connectivity index (χ2v) is 5.45. The topological polar surface area (TPSA) is 29.5 Å². The Balaban J connectivity index is 1.96. The van der Waals surface area contributed by atoms with Crippen LogP contribution >= 0.6 is 11.8 Å². The molecular formula is C14H20O2S. The number of ether oxygens (including phenoxy) is 1. The van der Waals surface area contributed by atoms with Crippen molar-refractivity contribution in [3.63, 3.8) is 0 Å². The first kappa shape index (κ1) is 12.8. The molecule has 1 aliphatic rings. The Kier molecular flexibility index (Phi) is 4.75. The number of aliphatic hydroxyl groups excluding tert-OH is 1. The van der Waals surface area contributed by atoms with E-state index in [0.29, 0.717) is 0 Å². The van der Waals surface area contributed by atoms with Gasteiger partial charge < -0.3 is 9.84 Å². The number of thioether (sulfide) groups is 1. The summed E-state index contributed by atoms with van der Waals surface area (Å²) in [7, 11) is 0. The molecule has 0 saturated carbocycles. The van der Waals surface area contributed by atoms with Crippen LogP contribution < -0.4 is 4.74 Å². The second-order valence-electron chi connectivity index (χ2n) is 4.46. The van der Waals surface area contributed by atoms with Crippen molar-refractivity contribution in [2.45, 2.75) is 31.8 Å². The molecule has 1 unspecified atom stereocenters. The van der Waals surface area contributed by atoms with Crippen LogP contribution in [0.4, 0.5) is 0 Å². The Morgan fingerprint density at radius 2 is 2.35 bits per heavy atom. The van der Waals surface area contributed by atoms with E-state index in [2.05, 4.69) is 12.3 Å². The van der Waals surface area contributed by atoms with Crippen LogP contribution in [0.5, 0.6) is 5.75 Å². The number of benzene rings is 1. The zero-order valence-electron chi connectivity index (χ0n) is 10.3. The first-order chi connectivity index (χ1) is 8.31. The Hall–Kier alpha value is -0.670. The number of aliphatic hydroxyl groups is 1.